The van der Waals surface area contributed by atoms with E-state index in [0.29, 0.717) is 16.1 Å². The number of amides is 1. The number of hydrogen-bond donors (Lipinski definition) is 2. The lowest BCUT2D eigenvalue weighted by molar-refractivity contribution is -0.142. The van der Waals surface area contributed by atoms with Gasteiger partial charge in [-0.1, -0.05) is 12.1 Å². The van der Waals surface area contributed by atoms with Gasteiger partial charge in [0, 0.05) is 10.6 Å². The van der Waals surface area contributed by atoms with Crippen LogP contribution in [0.5, 0.6) is 5.75 Å². The minimum absolute atomic E-state index is 0.0488. The Morgan fingerprint density at radius 3 is 2.36 bits per heavy atom. The maximum atomic E-state index is 12.4. The Morgan fingerprint density at radius 2 is 1.84 bits per heavy atom. The van der Waals surface area contributed by atoms with Gasteiger partial charge in [-0.25, -0.2) is 0 Å². The van der Waals surface area contributed by atoms with Gasteiger partial charge in [0.2, 0.25) is 0 Å². The van der Waals surface area contributed by atoms with E-state index in [2.05, 4.69) is 10.1 Å². The van der Waals surface area contributed by atoms with Gasteiger partial charge >= 0.3 is 12.6 Å². The van der Waals surface area contributed by atoms with E-state index in [0.717, 1.165) is 11.3 Å². The van der Waals surface area contributed by atoms with E-state index in [4.69, 9.17) is 0 Å². The predicted molar refractivity (Wildman–Crippen MR) is 90.7 cm³/mol. The van der Waals surface area contributed by atoms with E-state index in [9.17, 15) is 23.5 Å². The number of aryl methyl sites for hydroxylation is 1. The third-order valence-corrected chi connectivity index (χ3v) is 4.67. The van der Waals surface area contributed by atoms with Crippen molar-refractivity contribution >= 4 is 28.9 Å². The SMILES string of the molecule is Cc1cc(OC(F)F)c(C(=O)Nc2ccc(C(C)(C)C(=O)O)cc2)s1. The number of carboxylic acid groups (broad SMARTS) is 1. The molecular weight excluding hydrogens is 352 g/mol. The molecule has 2 rings (SSSR count). The van der Waals surface area contributed by atoms with Crippen LogP contribution >= 0.6 is 11.3 Å². The number of hydrogen-bond acceptors (Lipinski definition) is 4. The van der Waals surface area contributed by atoms with Gasteiger partial charge in [0.15, 0.2) is 0 Å². The number of carbonyl (C=O) groups excluding carboxylic acids is 1. The maximum absolute atomic E-state index is 12.4. The van der Waals surface area contributed by atoms with Crippen molar-refractivity contribution in [2.24, 2.45) is 0 Å². The van der Waals surface area contributed by atoms with Crippen molar-refractivity contribution in [2.45, 2.75) is 32.8 Å². The average Bonchev–Trinajstić information content (AvgIpc) is 2.87. The quantitative estimate of drug-likeness (QED) is 0.797. The van der Waals surface area contributed by atoms with Crippen molar-refractivity contribution in [1.82, 2.24) is 0 Å². The van der Waals surface area contributed by atoms with E-state index in [1.165, 1.54) is 6.07 Å². The molecule has 0 saturated carbocycles. The van der Waals surface area contributed by atoms with E-state index in [1.807, 2.05) is 0 Å². The molecule has 5 nitrogen and oxygen atoms in total. The third-order valence-electron chi connectivity index (χ3n) is 3.64. The Bertz CT molecular complexity index is 784. The van der Waals surface area contributed by atoms with Crippen LogP contribution in [-0.4, -0.2) is 23.6 Å². The summed E-state index contributed by atoms with van der Waals surface area (Å²) >= 11 is 1.05. The second-order valence-electron chi connectivity index (χ2n) is 5.89. The van der Waals surface area contributed by atoms with Crippen LogP contribution in [0.1, 0.15) is 34.0 Å². The van der Waals surface area contributed by atoms with Gasteiger partial charge in [0.25, 0.3) is 5.91 Å². The number of ether oxygens (including phenoxy) is 1. The molecule has 0 atom stereocenters. The normalized spacial score (nSPS) is 11.4. The number of halogens is 2. The Balaban J connectivity index is 2.18. The fraction of sp³-hybridized carbons (Fsp3) is 0.294. The predicted octanol–water partition coefficient (Wildman–Crippen LogP) is 4.27. The van der Waals surface area contributed by atoms with Gasteiger partial charge in [-0.2, -0.15) is 8.78 Å². The highest BCUT2D eigenvalue weighted by molar-refractivity contribution is 7.14. The molecular formula is C17H17F2NO4S. The number of nitrogens with one attached hydrogen (secondary N) is 1. The average molecular weight is 369 g/mol. The Kier molecular flexibility index (Phi) is 5.42. The third kappa shape index (κ3) is 4.33. The largest absolute Gasteiger partial charge is 0.481 e. The van der Waals surface area contributed by atoms with Crippen LogP contribution in [0.4, 0.5) is 14.5 Å². The molecule has 0 aliphatic rings. The second kappa shape index (κ2) is 7.18. The first-order valence-electron chi connectivity index (χ1n) is 7.32. The summed E-state index contributed by atoms with van der Waals surface area (Å²) in [6, 6.07) is 7.70. The summed E-state index contributed by atoms with van der Waals surface area (Å²) in [4.78, 5) is 24.3. The number of anilines is 1. The number of thiophene rings is 1. The van der Waals surface area contributed by atoms with Gasteiger partial charge < -0.3 is 15.2 Å². The molecule has 1 heterocycles. The highest BCUT2D eigenvalue weighted by Crippen LogP contribution is 2.31. The van der Waals surface area contributed by atoms with Crippen LogP contribution < -0.4 is 10.1 Å². The second-order valence-corrected chi connectivity index (χ2v) is 7.15. The van der Waals surface area contributed by atoms with Crippen LogP contribution in [0.2, 0.25) is 0 Å². The van der Waals surface area contributed by atoms with Gasteiger partial charge in [-0.15, -0.1) is 11.3 Å². The fourth-order valence-corrected chi connectivity index (χ4v) is 2.95. The number of alkyl halides is 2. The van der Waals surface area contributed by atoms with Crippen molar-refractivity contribution in [3.63, 3.8) is 0 Å². The zero-order valence-corrected chi connectivity index (χ0v) is 14.6. The molecule has 0 unspecified atom stereocenters. The summed E-state index contributed by atoms with van der Waals surface area (Å²) in [5.74, 6) is -1.70. The molecule has 1 aromatic heterocycles. The van der Waals surface area contributed by atoms with Crippen molar-refractivity contribution in [3.05, 3.63) is 45.6 Å². The van der Waals surface area contributed by atoms with Crippen LogP contribution in [0.15, 0.2) is 30.3 Å². The monoisotopic (exact) mass is 369 g/mol. The summed E-state index contributed by atoms with van der Waals surface area (Å²) in [6.45, 7) is 1.82. The van der Waals surface area contributed by atoms with E-state index < -0.39 is 23.9 Å². The van der Waals surface area contributed by atoms with Crippen LogP contribution in [0.3, 0.4) is 0 Å². The zero-order valence-electron chi connectivity index (χ0n) is 13.8. The molecule has 0 aliphatic heterocycles. The van der Waals surface area contributed by atoms with Gasteiger partial charge in [-0.05, 0) is 44.5 Å². The molecule has 0 aliphatic carbocycles. The summed E-state index contributed by atoms with van der Waals surface area (Å²) in [5, 5.41) is 11.8. The van der Waals surface area contributed by atoms with Gasteiger partial charge in [0.1, 0.15) is 10.6 Å². The van der Waals surface area contributed by atoms with Gasteiger partial charge in [0.05, 0.1) is 5.41 Å². The van der Waals surface area contributed by atoms with E-state index >= 15 is 0 Å². The Morgan fingerprint density at radius 1 is 1.24 bits per heavy atom. The summed E-state index contributed by atoms with van der Waals surface area (Å²) in [7, 11) is 0. The molecule has 1 amide bonds. The smallest absolute Gasteiger partial charge is 0.387 e. The molecule has 0 saturated heterocycles. The van der Waals surface area contributed by atoms with Crippen LogP contribution in [0.25, 0.3) is 0 Å². The Hall–Kier alpha value is -2.48. The minimum atomic E-state index is -3.02. The molecule has 0 fully saturated rings. The molecule has 8 heteroatoms. The number of benzene rings is 1. The summed E-state index contributed by atoms with van der Waals surface area (Å²) in [5.41, 5.74) is -0.0678. The fourth-order valence-electron chi connectivity index (χ4n) is 2.11. The summed E-state index contributed by atoms with van der Waals surface area (Å²) < 4.78 is 29.2. The Labute approximate surface area is 147 Å². The first kappa shape index (κ1) is 18.9. The summed E-state index contributed by atoms with van der Waals surface area (Å²) in [6.07, 6.45) is 0. The van der Waals surface area contributed by atoms with Crippen molar-refractivity contribution in [1.29, 1.82) is 0 Å². The number of carboxylic acids is 1. The molecule has 0 bridgehead atoms. The number of carbonyl (C=O) groups is 2. The van der Waals surface area contributed by atoms with E-state index in [-0.39, 0.29) is 10.6 Å². The minimum Gasteiger partial charge on any atom is -0.481 e. The highest BCUT2D eigenvalue weighted by atomic mass is 32.1. The standard InChI is InChI=1S/C17H17F2NO4S/c1-9-8-12(24-16(18)19)13(25-9)14(21)20-11-6-4-10(5-7-11)17(2,3)15(22)23/h4-8,16H,1-3H3,(H,20,21)(H,22,23). The highest BCUT2D eigenvalue weighted by Gasteiger charge is 2.29. The first-order chi connectivity index (χ1) is 11.6. The van der Waals surface area contributed by atoms with Crippen LogP contribution in [-0.2, 0) is 10.2 Å². The molecule has 1 aromatic carbocycles. The lowest BCUT2D eigenvalue weighted by atomic mass is 9.85. The molecule has 0 spiro atoms. The topological polar surface area (TPSA) is 75.6 Å². The van der Waals surface area contributed by atoms with Crippen molar-refractivity contribution < 1.29 is 28.2 Å². The first-order valence-corrected chi connectivity index (χ1v) is 8.13. The van der Waals surface area contributed by atoms with E-state index in [1.54, 1.807) is 45.0 Å². The zero-order chi connectivity index (χ0) is 18.8. The molecule has 2 aromatic rings. The van der Waals surface area contributed by atoms with Crippen molar-refractivity contribution in [3.8, 4) is 5.75 Å². The van der Waals surface area contributed by atoms with Crippen LogP contribution in [0, 0.1) is 6.92 Å². The molecule has 134 valence electrons. The maximum Gasteiger partial charge on any atom is 0.387 e. The molecule has 25 heavy (non-hydrogen) atoms. The lowest BCUT2D eigenvalue weighted by Crippen LogP contribution is -2.28. The van der Waals surface area contributed by atoms with Gasteiger partial charge in [-0.3, -0.25) is 9.59 Å². The van der Waals surface area contributed by atoms with Crippen molar-refractivity contribution in [2.75, 3.05) is 5.32 Å². The number of aliphatic carboxylic acids is 1. The molecule has 2 N–H and O–H groups in total. The molecule has 0 radical (unpaired) electrons. The number of rotatable bonds is 6. The lowest BCUT2D eigenvalue weighted by Gasteiger charge is -2.19.